The molecule has 8 nitrogen and oxygen atoms in total. The fourth-order valence-electron chi connectivity index (χ4n) is 0.714. The molecule has 0 fully saturated rings. The molecule has 0 saturated carbocycles. The predicted molar refractivity (Wildman–Crippen MR) is 46.5 cm³/mol. The number of hydrogen-bond donors (Lipinski definition) is 4. The van der Waals surface area contributed by atoms with Crippen molar-refractivity contribution in [1.82, 2.24) is 0 Å². The van der Waals surface area contributed by atoms with E-state index >= 15 is 0 Å². The zero-order valence-corrected chi connectivity index (χ0v) is 14.1. The van der Waals surface area contributed by atoms with Gasteiger partial charge in [-0.05, 0) is 0 Å². The summed E-state index contributed by atoms with van der Waals surface area (Å²) in [6.45, 7) is 0. The van der Waals surface area contributed by atoms with E-state index in [1.807, 2.05) is 0 Å². The quantitative estimate of drug-likeness (QED) is 0.375. The minimum absolute atomic E-state index is 0. The first kappa shape index (κ1) is 25.5. The molecule has 0 aliphatic heterocycles. The maximum absolute atomic E-state index is 10.3. The molecule has 0 aromatic rings. The first-order valence-corrected chi connectivity index (χ1v) is 3.17. The van der Waals surface area contributed by atoms with E-state index in [1.165, 1.54) is 0 Å². The third kappa shape index (κ3) is 9.81. The van der Waals surface area contributed by atoms with E-state index in [4.69, 9.17) is 20.4 Å². The van der Waals surface area contributed by atoms with Crippen molar-refractivity contribution >= 4 is 66.8 Å². The summed E-state index contributed by atoms with van der Waals surface area (Å²) < 4.78 is 0. The van der Waals surface area contributed by atoms with E-state index < -0.39 is 36.4 Å². The van der Waals surface area contributed by atoms with Gasteiger partial charge in [-0.3, -0.25) is 9.59 Å². The van der Waals surface area contributed by atoms with Crippen molar-refractivity contribution in [2.75, 3.05) is 0 Å². The van der Waals surface area contributed by atoms with E-state index in [9.17, 15) is 14.4 Å². The average Bonchev–Trinajstić information content (AvgIpc) is 1.82. The minimum Gasteiger partial charge on any atom is -0.481 e. The summed E-state index contributed by atoms with van der Waals surface area (Å²) in [4.78, 5) is 30.5. The molecule has 0 saturated heterocycles. The van der Waals surface area contributed by atoms with Crippen molar-refractivity contribution < 1.29 is 62.0 Å². The van der Waals surface area contributed by atoms with Crippen molar-refractivity contribution in [2.45, 2.75) is 18.4 Å². The predicted octanol–water partition coefficient (Wildman–Crippen LogP) is -2.46. The van der Waals surface area contributed by atoms with Crippen LogP contribution in [0.15, 0.2) is 0 Å². The van der Waals surface area contributed by atoms with Crippen LogP contribution in [0.25, 0.3) is 0 Å². The summed E-state index contributed by atoms with van der Waals surface area (Å²) in [6.07, 6.45) is -2.29. The van der Waals surface area contributed by atoms with Crippen molar-refractivity contribution in [3.05, 3.63) is 0 Å². The smallest absolute Gasteiger partial charge is 0.336 e. The summed E-state index contributed by atoms with van der Waals surface area (Å²) in [5.74, 6) is -5.02. The Morgan fingerprint density at radius 3 is 1.31 bits per heavy atom. The van der Waals surface area contributed by atoms with Crippen molar-refractivity contribution in [3.63, 3.8) is 0 Å². The number of carboxylic acids is 3. The Balaban J connectivity index is -0.000000240. The Labute approximate surface area is 145 Å². The second-order valence-electron chi connectivity index (χ2n) is 2.48. The molecule has 0 aromatic heterocycles. The van der Waals surface area contributed by atoms with Gasteiger partial charge in [0.2, 0.25) is 0 Å². The molecule has 0 atom stereocenters. The van der Waals surface area contributed by atoms with E-state index in [1.54, 1.807) is 0 Å². The normalized spacial score (nSPS) is 8.81. The monoisotopic (exact) mass is 396 g/mol. The van der Waals surface area contributed by atoms with E-state index in [2.05, 4.69) is 0 Å². The van der Waals surface area contributed by atoms with Gasteiger partial charge in [-0.15, -0.1) is 0 Å². The molecule has 88 valence electrons. The molecule has 0 amide bonds. The van der Waals surface area contributed by atoms with E-state index in [0.717, 1.165) is 0 Å². The van der Waals surface area contributed by atoms with Gasteiger partial charge < -0.3 is 25.9 Å². The maximum Gasteiger partial charge on any atom is 0.336 e. The first-order chi connectivity index (χ1) is 5.78. The van der Waals surface area contributed by atoms with Crippen LogP contribution in [0.1, 0.15) is 12.8 Å². The van der Waals surface area contributed by atoms with Crippen LogP contribution in [0.3, 0.4) is 0 Å². The zero-order chi connectivity index (χ0) is 10.6. The van der Waals surface area contributed by atoms with Crippen LogP contribution in [0.2, 0.25) is 0 Å². The van der Waals surface area contributed by atoms with Crippen molar-refractivity contribution in [3.8, 4) is 0 Å². The summed E-state index contributed by atoms with van der Waals surface area (Å²) in [7, 11) is 0. The topological polar surface area (TPSA) is 164 Å². The molecule has 16 heavy (non-hydrogen) atoms. The van der Waals surface area contributed by atoms with Crippen LogP contribution >= 0.6 is 0 Å². The van der Waals surface area contributed by atoms with Crippen LogP contribution < -0.4 is 0 Å². The fraction of sp³-hybridized carbons (Fsp3) is 0.500. The van der Waals surface area contributed by atoms with Gasteiger partial charge in [0.1, 0.15) is 0 Å². The Morgan fingerprint density at radius 2 is 1.19 bits per heavy atom. The molecule has 0 unspecified atom stereocenters. The molecule has 0 aliphatic rings. The van der Waals surface area contributed by atoms with E-state index in [-0.39, 0.29) is 76.1 Å². The molecule has 0 aromatic carbocycles. The zero-order valence-electron chi connectivity index (χ0n) is 8.13. The molecule has 2 radical (unpaired) electrons. The van der Waals surface area contributed by atoms with Gasteiger partial charge >= 0.3 is 17.9 Å². The van der Waals surface area contributed by atoms with Crippen LogP contribution in [0.4, 0.5) is 0 Å². The first-order valence-electron chi connectivity index (χ1n) is 3.17. The molecule has 6 N–H and O–H groups in total. The Bertz CT molecular complexity index is 239. The maximum atomic E-state index is 10.3. The molecule has 0 bridgehead atoms. The number of carbonyl (C=O) groups is 3. The summed E-state index contributed by atoms with van der Waals surface area (Å²) >= 11 is 0. The Kier molecular flexibility index (Phi) is 17.1. The SMILES string of the molecule is O.O=C(O)CC(O)(CC(=O)O)C(=O)O.[Ba].[Ti]. The molecular weight excluding hydrogens is 385 g/mol. The second-order valence-corrected chi connectivity index (χ2v) is 2.48. The van der Waals surface area contributed by atoms with Gasteiger partial charge in [0.05, 0.1) is 12.8 Å². The molecule has 0 spiro atoms. The van der Waals surface area contributed by atoms with Gasteiger partial charge in [-0.2, -0.15) is 0 Å². The molecule has 0 aliphatic carbocycles. The van der Waals surface area contributed by atoms with Crippen LogP contribution in [0.5, 0.6) is 0 Å². The molecular formula is C6H10BaO8Ti. The van der Waals surface area contributed by atoms with E-state index in [0.29, 0.717) is 0 Å². The Morgan fingerprint density at radius 1 is 0.938 bits per heavy atom. The second kappa shape index (κ2) is 10.7. The third-order valence-corrected chi connectivity index (χ3v) is 1.29. The fourth-order valence-corrected chi connectivity index (χ4v) is 0.714. The summed E-state index contributed by atoms with van der Waals surface area (Å²) in [5.41, 5.74) is -2.74. The average molecular weight is 395 g/mol. The van der Waals surface area contributed by atoms with Gasteiger partial charge in [0.15, 0.2) is 5.60 Å². The van der Waals surface area contributed by atoms with Crippen LogP contribution in [-0.2, 0) is 36.1 Å². The molecule has 0 heterocycles. The number of aliphatic hydroxyl groups is 1. The standard InChI is InChI=1S/C6H8O7.Ba.H2O.Ti/c7-3(8)1-6(13,5(11)12)2-4(9)10;;;/h13H,1-2H2,(H,7,8)(H,9,10)(H,11,12);;1H2;. The van der Waals surface area contributed by atoms with Crippen LogP contribution in [-0.4, -0.2) is 98.3 Å². The number of aliphatic carboxylic acids is 3. The van der Waals surface area contributed by atoms with Gasteiger partial charge in [-0.25, -0.2) is 4.79 Å². The molecule has 10 heteroatoms. The van der Waals surface area contributed by atoms with Gasteiger partial charge in [-0.1, -0.05) is 0 Å². The minimum atomic E-state index is -2.74. The van der Waals surface area contributed by atoms with Gasteiger partial charge in [0, 0.05) is 70.6 Å². The molecule has 0 rings (SSSR count). The number of carboxylic acid groups (broad SMARTS) is 3. The van der Waals surface area contributed by atoms with Gasteiger partial charge in [0.25, 0.3) is 0 Å². The van der Waals surface area contributed by atoms with Crippen molar-refractivity contribution in [2.24, 2.45) is 0 Å². The van der Waals surface area contributed by atoms with Crippen molar-refractivity contribution in [1.29, 1.82) is 0 Å². The Hall–Kier alpha value is 0.616. The van der Waals surface area contributed by atoms with Crippen LogP contribution in [0, 0.1) is 0 Å². The summed E-state index contributed by atoms with van der Waals surface area (Å²) in [6, 6.07) is 0. The summed E-state index contributed by atoms with van der Waals surface area (Å²) in [5, 5.41) is 33.8. The largest absolute Gasteiger partial charge is 0.481 e. The number of rotatable bonds is 5. The third-order valence-electron chi connectivity index (χ3n) is 1.29. The number of hydrogen-bond acceptors (Lipinski definition) is 4.